The normalized spacial score (nSPS) is 21.4. The standard InChI is InChI=1S/C20H33N5O/c1-2-21-18-13-19(23-15-22-18)25-12-6-7-16(14-25)10-11-20(26)24-17-8-4-3-5-9-17/h13,15-17H,2-12,14H2,1H3,(H,24,26)(H,21,22,23). The number of carbonyl (C=O) groups is 1. The fourth-order valence-corrected chi connectivity index (χ4v) is 4.19. The minimum absolute atomic E-state index is 0.241. The fraction of sp³-hybridized carbons (Fsp3) is 0.750. The maximum atomic E-state index is 12.3. The zero-order valence-electron chi connectivity index (χ0n) is 16.0. The van der Waals surface area contributed by atoms with Crippen LogP contribution in [0.4, 0.5) is 11.6 Å². The number of anilines is 2. The molecule has 1 aromatic rings. The van der Waals surface area contributed by atoms with Crippen LogP contribution in [0.1, 0.15) is 64.7 Å². The van der Waals surface area contributed by atoms with E-state index in [9.17, 15) is 4.79 Å². The first-order chi connectivity index (χ1) is 12.7. The molecule has 0 spiro atoms. The molecule has 1 aliphatic carbocycles. The number of hydrogen-bond acceptors (Lipinski definition) is 5. The lowest BCUT2D eigenvalue weighted by atomic mass is 9.92. The molecule has 144 valence electrons. The van der Waals surface area contributed by atoms with Gasteiger partial charge in [-0.3, -0.25) is 4.79 Å². The number of aromatic nitrogens is 2. The average molecular weight is 360 g/mol. The zero-order chi connectivity index (χ0) is 18.2. The molecule has 2 fully saturated rings. The van der Waals surface area contributed by atoms with Gasteiger partial charge in [-0.25, -0.2) is 9.97 Å². The second-order valence-electron chi connectivity index (χ2n) is 7.69. The molecule has 0 radical (unpaired) electrons. The lowest BCUT2D eigenvalue weighted by Crippen LogP contribution is -2.38. The Balaban J connectivity index is 1.46. The Hall–Kier alpha value is -1.85. The van der Waals surface area contributed by atoms with Crippen LogP contribution < -0.4 is 15.5 Å². The van der Waals surface area contributed by atoms with Crippen molar-refractivity contribution in [1.29, 1.82) is 0 Å². The number of nitrogens with one attached hydrogen (secondary N) is 2. The number of piperidine rings is 1. The van der Waals surface area contributed by atoms with Gasteiger partial charge in [-0.15, -0.1) is 0 Å². The first kappa shape index (κ1) is 18.9. The van der Waals surface area contributed by atoms with Gasteiger partial charge in [0.05, 0.1) is 0 Å². The summed E-state index contributed by atoms with van der Waals surface area (Å²) >= 11 is 0. The maximum absolute atomic E-state index is 12.3. The van der Waals surface area contributed by atoms with Crippen molar-refractivity contribution in [2.75, 3.05) is 29.9 Å². The second-order valence-corrected chi connectivity index (χ2v) is 7.69. The van der Waals surface area contributed by atoms with Crippen LogP contribution in [0.2, 0.25) is 0 Å². The minimum atomic E-state index is 0.241. The van der Waals surface area contributed by atoms with Crippen molar-refractivity contribution in [2.45, 2.75) is 70.8 Å². The number of amides is 1. The molecular weight excluding hydrogens is 326 g/mol. The van der Waals surface area contributed by atoms with Gasteiger partial charge in [0.2, 0.25) is 5.91 Å². The third-order valence-corrected chi connectivity index (χ3v) is 5.60. The fourth-order valence-electron chi connectivity index (χ4n) is 4.19. The SMILES string of the molecule is CCNc1cc(N2CCCC(CCC(=O)NC3CCCCC3)C2)ncn1. The van der Waals surface area contributed by atoms with Crippen molar-refractivity contribution >= 4 is 17.5 Å². The Morgan fingerprint density at radius 3 is 2.85 bits per heavy atom. The van der Waals surface area contributed by atoms with E-state index in [1.54, 1.807) is 6.33 Å². The van der Waals surface area contributed by atoms with Gasteiger partial charge in [-0.2, -0.15) is 0 Å². The number of nitrogens with zero attached hydrogens (tertiary/aromatic N) is 3. The predicted octanol–water partition coefficient (Wildman–Crippen LogP) is 3.35. The van der Waals surface area contributed by atoms with Crippen molar-refractivity contribution in [2.24, 2.45) is 5.92 Å². The Morgan fingerprint density at radius 1 is 1.19 bits per heavy atom. The molecule has 6 nitrogen and oxygen atoms in total. The largest absolute Gasteiger partial charge is 0.370 e. The van der Waals surface area contributed by atoms with Crippen molar-refractivity contribution in [1.82, 2.24) is 15.3 Å². The number of hydrogen-bond donors (Lipinski definition) is 2. The van der Waals surface area contributed by atoms with Crippen LogP contribution >= 0.6 is 0 Å². The van der Waals surface area contributed by atoms with Gasteiger partial charge >= 0.3 is 0 Å². The summed E-state index contributed by atoms with van der Waals surface area (Å²) in [6, 6.07) is 2.45. The van der Waals surface area contributed by atoms with Crippen LogP contribution in [-0.2, 0) is 4.79 Å². The van der Waals surface area contributed by atoms with Gasteiger partial charge in [-0.1, -0.05) is 19.3 Å². The van der Waals surface area contributed by atoms with E-state index in [1.165, 1.54) is 25.7 Å². The molecule has 0 bridgehead atoms. The Morgan fingerprint density at radius 2 is 2.04 bits per heavy atom. The van der Waals surface area contributed by atoms with E-state index in [2.05, 4.69) is 32.4 Å². The van der Waals surface area contributed by atoms with Crippen LogP contribution in [0.3, 0.4) is 0 Å². The summed E-state index contributed by atoms with van der Waals surface area (Å²) in [4.78, 5) is 23.3. The molecule has 2 aliphatic rings. The van der Waals surface area contributed by atoms with E-state index in [4.69, 9.17) is 0 Å². The molecule has 0 aromatic carbocycles. The molecule has 1 aromatic heterocycles. The predicted molar refractivity (Wildman–Crippen MR) is 105 cm³/mol. The van der Waals surface area contributed by atoms with Gasteiger partial charge in [0, 0.05) is 38.2 Å². The molecule has 3 rings (SSSR count). The Labute approximate surface area is 157 Å². The van der Waals surface area contributed by atoms with Crippen LogP contribution in [0.15, 0.2) is 12.4 Å². The molecule has 2 heterocycles. The second kappa shape index (κ2) is 9.74. The molecular formula is C20H33N5O. The summed E-state index contributed by atoms with van der Waals surface area (Å²) in [7, 11) is 0. The number of carbonyl (C=O) groups excluding carboxylic acids is 1. The van der Waals surface area contributed by atoms with Gasteiger partial charge < -0.3 is 15.5 Å². The van der Waals surface area contributed by atoms with E-state index in [1.807, 2.05) is 6.07 Å². The van der Waals surface area contributed by atoms with Crippen LogP contribution in [-0.4, -0.2) is 41.6 Å². The van der Waals surface area contributed by atoms with Gasteiger partial charge in [0.15, 0.2) is 0 Å². The zero-order valence-corrected chi connectivity index (χ0v) is 16.0. The molecule has 2 N–H and O–H groups in total. The first-order valence-corrected chi connectivity index (χ1v) is 10.3. The summed E-state index contributed by atoms with van der Waals surface area (Å²) in [5.41, 5.74) is 0. The molecule has 1 unspecified atom stereocenters. The number of rotatable bonds is 7. The van der Waals surface area contributed by atoms with Gasteiger partial charge in [0.25, 0.3) is 0 Å². The monoisotopic (exact) mass is 359 g/mol. The van der Waals surface area contributed by atoms with E-state index in [0.29, 0.717) is 18.4 Å². The molecule has 1 amide bonds. The molecule has 6 heteroatoms. The van der Waals surface area contributed by atoms with Crippen LogP contribution in [0.25, 0.3) is 0 Å². The summed E-state index contributed by atoms with van der Waals surface area (Å²) in [6.45, 7) is 4.94. The van der Waals surface area contributed by atoms with Crippen molar-refractivity contribution in [3.05, 3.63) is 12.4 Å². The molecule has 1 saturated carbocycles. The van der Waals surface area contributed by atoms with E-state index in [-0.39, 0.29) is 5.91 Å². The Kier molecular flexibility index (Phi) is 7.09. The highest BCUT2D eigenvalue weighted by molar-refractivity contribution is 5.76. The summed E-state index contributed by atoms with van der Waals surface area (Å²) in [5, 5.41) is 6.49. The van der Waals surface area contributed by atoms with Gasteiger partial charge in [0.1, 0.15) is 18.0 Å². The smallest absolute Gasteiger partial charge is 0.220 e. The average Bonchev–Trinajstić information content (AvgIpc) is 2.68. The molecule has 1 atom stereocenters. The molecule has 1 aliphatic heterocycles. The lowest BCUT2D eigenvalue weighted by molar-refractivity contribution is -0.122. The minimum Gasteiger partial charge on any atom is -0.370 e. The molecule has 26 heavy (non-hydrogen) atoms. The highest BCUT2D eigenvalue weighted by atomic mass is 16.1. The van der Waals surface area contributed by atoms with Crippen LogP contribution in [0, 0.1) is 5.92 Å². The Bertz CT molecular complexity index is 573. The summed E-state index contributed by atoms with van der Waals surface area (Å²) in [6.07, 6.45) is 11.8. The quantitative estimate of drug-likeness (QED) is 0.781. The third kappa shape index (κ3) is 5.58. The topological polar surface area (TPSA) is 70.2 Å². The maximum Gasteiger partial charge on any atom is 0.220 e. The summed E-state index contributed by atoms with van der Waals surface area (Å²) < 4.78 is 0. The third-order valence-electron chi connectivity index (χ3n) is 5.60. The van der Waals surface area contributed by atoms with Crippen molar-refractivity contribution < 1.29 is 4.79 Å². The van der Waals surface area contributed by atoms with Crippen molar-refractivity contribution in [3.63, 3.8) is 0 Å². The summed E-state index contributed by atoms with van der Waals surface area (Å²) in [5.74, 6) is 2.68. The highest BCUT2D eigenvalue weighted by Crippen LogP contribution is 2.25. The van der Waals surface area contributed by atoms with Crippen LogP contribution in [0.5, 0.6) is 0 Å². The lowest BCUT2D eigenvalue weighted by Gasteiger charge is -2.33. The first-order valence-electron chi connectivity index (χ1n) is 10.3. The van der Waals surface area contributed by atoms with Gasteiger partial charge in [-0.05, 0) is 44.9 Å². The van der Waals surface area contributed by atoms with Crippen molar-refractivity contribution in [3.8, 4) is 0 Å². The molecule has 1 saturated heterocycles. The highest BCUT2D eigenvalue weighted by Gasteiger charge is 2.23. The van der Waals surface area contributed by atoms with E-state index >= 15 is 0 Å². The van der Waals surface area contributed by atoms with E-state index in [0.717, 1.165) is 57.0 Å². The van der Waals surface area contributed by atoms with E-state index < -0.39 is 0 Å².